The molecule has 1 aromatic rings. The van der Waals surface area contributed by atoms with Gasteiger partial charge in [-0.2, -0.15) is 0 Å². The lowest BCUT2D eigenvalue weighted by atomic mass is 10.0. The van der Waals surface area contributed by atoms with Crippen LogP contribution in [0.15, 0.2) is 53.6 Å². The number of nitrogens with one attached hydrogen (secondary N) is 1. The summed E-state index contributed by atoms with van der Waals surface area (Å²) in [6.07, 6.45) is 0.536. The molecule has 23 heavy (non-hydrogen) atoms. The van der Waals surface area contributed by atoms with E-state index in [0.717, 1.165) is 5.56 Å². The predicted molar refractivity (Wildman–Crippen MR) is 82.7 cm³/mol. The summed E-state index contributed by atoms with van der Waals surface area (Å²) in [6.45, 7) is 3.35. The molecule has 6 nitrogen and oxygen atoms in total. The molecule has 0 saturated carbocycles. The van der Waals surface area contributed by atoms with Crippen LogP contribution in [-0.2, 0) is 30.4 Å². The first kappa shape index (κ1) is 16.6. The summed E-state index contributed by atoms with van der Waals surface area (Å²) in [5.41, 5.74) is 1.81. The van der Waals surface area contributed by atoms with Crippen LogP contribution < -0.4 is 5.32 Å². The lowest BCUT2D eigenvalue weighted by Crippen LogP contribution is -2.34. The van der Waals surface area contributed by atoms with E-state index in [-0.39, 0.29) is 5.57 Å². The number of rotatable bonds is 5. The molecular formula is C17H19NO5. The Labute approximate surface area is 134 Å². The molecule has 0 amide bonds. The second-order valence-corrected chi connectivity index (χ2v) is 4.99. The maximum Gasteiger partial charge on any atom is 0.339 e. The number of hydrogen-bond donors (Lipinski definition) is 1. The van der Waals surface area contributed by atoms with Crippen molar-refractivity contribution in [1.82, 2.24) is 5.32 Å². The Morgan fingerprint density at radius 2 is 1.91 bits per heavy atom. The summed E-state index contributed by atoms with van der Waals surface area (Å²) in [7, 11) is 1.27. The van der Waals surface area contributed by atoms with Gasteiger partial charge in [0, 0.05) is 13.1 Å². The highest BCUT2D eigenvalue weighted by Crippen LogP contribution is 2.25. The lowest BCUT2D eigenvalue weighted by Gasteiger charge is -2.27. The molecule has 122 valence electrons. The number of hydrogen-bond acceptors (Lipinski definition) is 6. The van der Waals surface area contributed by atoms with Crippen LogP contribution in [0.4, 0.5) is 0 Å². The summed E-state index contributed by atoms with van der Waals surface area (Å²) in [4.78, 5) is 23.3. The van der Waals surface area contributed by atoms with Gasteiger partial charge in [0.1, 0.15) is 12.2 Å². The minimum Gasteiger partial charge on any atom is -0.487 e. The molecule has 0 fully saturated rings. The molecule has 0 spiro atoms. The molecule has 1 heterocycles. The molecular weight excluding hydrogens is 298 g/mol. The van der Waals surface area contributed by atoms with Crippen molar-refractivity contribution in [3.05, 3.63) is 59.1 Å². The average molecular weight is 317 g/mol. The van der Waals surface area contributed by atoms with Gasteiger partial charge in [-0.1, -0.05) is 30.3 Å². The number of carbonyl (C=O) groups excluding carboxylic acids is 2. The van der Waals surface area contributed by atoms with E-state index in [1.165, 1.54) is 20.2 Å². The minimum atomic E-state index is -0.926. The molecule has 0 radical (unpaired) electrons. The molecule has 1 aliphatic rings. The summed E-state index contributed by atoms with van der Waals surface area (Å²) >= 11 is 0. The highest BCUT2D eigenvalue weighted by atomic mass is 16.6. The van der Waals surface area contributed by atoms with E-state index >= 15 is 0 Å². The van der Waals surface area contributed by atoms with Crippen molar-refractivity contribution in [1.29, 1.82) is 0 Å². The SMILES string of the molecule is COC(=O)C1=CNC(C)=C(OCc2ccccc2)C1OC(C)=O. The first-order valence-corrected chi connectivity index (χ1v) is 7.12. The molecule has 1 aromatic carbocycles. The van der Waals surface area contributed by atoms with Crippen molar-refractivity contribution in [2.24, 2.45) is 0 Å². The van der Waals surface area contributed by atoms with Gasteiger partial charge in [0.05, 0.1) is 12.8 Å². The van der Waals surface area contributed by atoms with Crippen molar-refractivity contribution in [3.63, 3.8) is 0 Å². The average Bonchev–Trinajstić information content (AvgIpc) is 2.54. The third kappa shape index (κ3) is 4.12. The molecule has 1 unspecified atom stereocenters. The zero-order chi connectivity index (χ0) is 16.8. The van der Waals surface area contributed by atoms with E-state index in [1.807, 2.05) is 30.3 Å². The van der Waals surface area contributed by atoms with Crippen LogP contribution in [0.2, 0.25) is 0 Å². The third-order valence-electron chi connectivity index (χ3n) is 3.28. The van der Waals surface area contributed by atoms with Gasteiger partial charge in [-0.3, -0.25) is 4.79 Å². The zero-order valence-corrected chi connectivity index (χ0v) is 13.3. The molecule has 6 heteroatoms. The van der Waals surface area contributed by atoms with Crippen LogP contribution in [-0.4, -0.2) is 25.2 Å². The minimum absolute atomic E-state index is 0.177. The molecule has 2 rings (SSSR count). The van der Waals surface area contributed by atoms with Gasteiger partial charge in [0.15, 0.2) is 11.9 Å². The second-order valence-electron chi connectivity index (χ2n) is 4.99. The Morgan fingerprint density at radius 1 is 1.22 bits per heavy atom. The number of benzene rings is 1. The van der Waals surface area contributed by atoms with Gasteiger partial charge in [0.25, 0.3) is 0 Å². The largest absolute Gasteiger partial charge is 0.487 e. The monoisotopic (exact) mass is 317 g/mol. The number of carbonyl (C=O) groups is 2. The first-order valence-electron chi connectivity index (χ1n) is 7.12. The van der Waals surface area contributed by atoms with Crippen LogP contribution in [0.25, 0.3) is 0 Å². The van der Waals surface area contributed by atoms with Crippen LogP contribution >= 0.6 is 0 Å². The van der Waals surface area contributed by atoms with Crippen molar-refractivity contribution in [2.45, 2.75) is 26.6 Å². The van der Waals surface area contributed by atoms with E-state index in [4.69, 9.17) is 14.2 Å². The fourth-order valence-electron chi connectivity index (χ4n) is 2.16. The molecule has 0 aliphatic carbocycles. The maximum absolute atomic E-state index is 11.9. The van der Waals surface area contributed by atoms with E-state index in [1.54, 1.807) is 6.92 Å². The van der Waals surface area contributed by atoms with Crippen LogP contribution in [0.5, 0.6) is 0 Å². The number of dihydropyridines is 1. The summed E-state index contributed by atoms with van der Waals surface area (Å²) < 4.78 is 15.8. The molecule has 0 saturated heterocycles. The van der Waals surface area contributed by atoms with Gasteiger partial charge >= 0.3 is 11.9 Å². The number of esters is 2. The number of methoxy groups -OCH3 is 1. The second kappa shape index (κ2) is 7.49. The predicted octanol–water partition coefficient (Wildman–Crippen LogP) is 2.03. The third-order valence-corrected chi connectivity index (χ3v) is 3.28. The van der Waals surface area contributed by atoms with Gasteiger partial charge < -0.3 is 19.5 Å². The zero-order valence-electron chi connectivity index (χ0n) is 13.3. The Balaban J connectivity index is 2.22. The maximum atomic E-state index is 11.9. The first-order chi connectivity index (χ1) is 11.0. The Hall–Kier alpha value is -2.76. The van der Waals surface area contributed by atoms with Crippen molar-refractivity contribution < 1.29 is 23.8 Å². The standard InChI is InChI=1S/C17H19NO5/c1-11-15(22-10-13-7-5-4-6-8-13)16(23-12(2)19)14(9-18-11)17(20)21-3/h4-9,16,18H,10H2,1-3H3. The van der Waals surface area contributed by atoms with Crippen molar-refractivity contribution in [3.8, 4) is 0 Å². The molecule has 0 aromatic heterocycles. The number of allylic oxidation sites excluding steroid dienone is 1. The molecule has 1 aliphatic heterocycles. The quantitative estimate of drug-likeness (QED) is 0.838. The van der Waals surface area contributed by atoms with E-state index in [0.29, 0.717) is 18.1 Å². The van der Waals surface area contributed by atoms with Gasteiger partial charge in [0.2, 0.25) is 0 Å². The topological polar surface area (TPSA) is 73.9 Å². The molecule has 1 atom stereocenters. The van der Waals surface area contributed by atoms with Gasteiger partial charge in [-0.15, -0.1) is 0 Å². The van der Waals surface area contributed by atoms with Crippen LogP contribution in [0.3, 0.4) is 0 Å². The Bertz CT molecular complexity index is 648. The lowest BCUT2D eigenvalue weighted by molar-refractivity contribution is -0.147. The van der Waals surface area contributed by atoms with Gasteiger partial charge in [-0.05, 0) is 12.5 Å². The smallest absolute Gasteiger partial charge is 0.339 e. The molecule has 1 N–H and O–H groups in total. The van der Waals surface area contributed by atoms with Crippen LogP contribution in [0, 0.1) is 0 Å². The number of ether oxygens (including phenoxy) is 3. The highest BCUT2D eigenvalue weighted by Gasteiger charge is 2.34. The fourth-order valence-corrected chi connectivity index (χ4v) is 2.16. The Kier molecular flexibility index (Phi) is 5.41. The van der Waals surface area contributed by atoms with Gasteiger partial charge in [-0.25, -0.2) is 4.79 Å². The highest BCUT2D eigenvalue weighted by molar-refractivity contribution is 5.91. The Morgan fingerprint density at radius 3 is 2.52 bits per heavy atom. The van der Waals surface area contributed by atoms with Crippen molar-refractivity contribution >= 4 is 11.9 Å². The normalized spacial score (nSPS) is 17.0. The van der Waals surface area contributed by atoms with Crippen molar-refractivity contribution in [2.75, 3.05) is 7.11 Å². The molecule has 0 bridgehead atoms. The summed E-state index contributed by atoms with van der Waals surface area (Å²) in [5, 5.41) is 2.94. The summed E-state index contributed by atoms with van der Waals surface area (Å²) in [6, 6.07) is 9.56. The van der Waals surface area contributed by atoms with E-state index in [9.17, 15) is 9.59 Å². The van der Waals surface area contributed by atoms with E-state index in [2.05, 4.69) is 5.32 Å². The van der Waals surface area contributed by atoms with Crippen LogP contribution in [0.1, 0.15) is 19.4 Å². The fraction of sp³-hybridized carbons (Fsp3) is 0.294. The van der Waals surface area contributed by atoms with E-state index < -0.39 is 18.0 Å². The summed E-state index contributed by atoms with van der Waals surface area (Å²) in [5.74, 6) is -0.718.